The molecule has 1 unspecified atom stereocenters. The van der Waals surface area contributed by atoms with Crippen LogP contribution in [0.5, 0.6) is 0 Å². The van der Waals surface area contributed by atoms with Gasteiger partial charge in [-0.15, -0.1) is 0 Å². The number of nitrogens with two attached hydrogens (primary N) is 1. The SMILES string of the molecule is CC1(C(=O)Nc2ncc(C#CCN)s2)CCCO1. The van der Waals surface area contributed by atoms with Crippen molar-refractivity contribution < 1.29 is 9.53 Å². The Bertz CT molecular complexity index is 495. The second-order valence-electron chi connectivity index (χ2n) is 4.17. The smallest absolute Gasteiger partial charge is 0.258 e. The quantitative estimate of drug-likeness (QED) is 0.781. The number of ether oxygens (including phenoxy) is 1. The zero-order valence-electron chi connectivity index (χ0n) is 10.2. The predicted molar refractivity (Wildman–Crippen MR) is 70.3 cm³/mol. The van der Waals surface area contributed by atoms with Crippen LogP contribution in [0.25, 0.3) is 0 Å². The van der Waals surface area contributed by atoms with Crippen LogP contribution in [0.3, 0.4) is 0 Å². The summed E-state index contributed by atoms with van der Waals surface area (Å²) in [4.78, 5) is 16.9. The van der Waals surface area contributed by atoms with Crippen molar-refractivity contribution in [3.8, 4) is 11.8 Å². The molecule has 0 aromatic carbocycles. The van der Waals surface area contributed by atoms with Crippen molar-refractivity contribution in [2.24, 2.45) is 5.73 Å². The Kier molecular flexibility index (Phi) is 3.97. The first kappa shape index (κ1) is 13.0. The summed E-state index contributed by atoms with van der Waals surface area (Å²) >= 11 is 1.33. The highest BCUT2D eigenvalue weighted by Crippen LogP contribution is 2.27. The van der Waals surface area contributed by atoms with Gasteiger partial charge in [0.15, 0.2) is 5.13 Å². The Hall–Kier alpha value is -1.42. The molecular formula is C12H15N3O2S. The molecule has 1 saturated heterocycles. The monoisotopic (exact) mass is 265 g/mol. The Morgan fingerprint density at radius 2 is 2.61 bits per heavy atom. The molecule has 1 atom stereocenters. The van der Waals surface area contributed by atoms with Crippen molar-refractivity contribution in [1.82, 2.24) is 4.98 Å². The number of thiazole rings is 1. The van der Waals surface area contributed by atoms with Gasteiger partial charge in [-0.2, -0.15) is 0 Å². The molecule has 1 aromatic heterocycles. The van der Waals surface area contributed by atoms with E-state index in [0.29, 0.717) is 18.3 Å². The van der Waals surface area contributed by atoms with Crippen LogP contribution < -0.4 is 11.1 Å². The van der Waals surface area contributed by atoms with E-state index in [4.69, 9.17) is 10.5 Å². The lowest BCUT2D eigenvalue weighted by atomic mass is 10.0. The van der Waals surface area contributed by atoms with Crippen LogP contribution in [0.2, 0.25) is 0 Å². The molecule has 5 nitrogen and oxygen atoms in total. The van der Waals surface area contributed by atoms with Gasteiger partial charge < -0.3 is 10.5 Å². The van der Waals surface area contributed by atoms with Crippen LogP contribution in [0, 0.1) is 11.8 Å². The van der Waals surface area contributed by atoms with E-state index in [1.54, 1.807) is 13.1 Å². The van der Waals surface area contributed by atoms with E-state index in [0.717, 1.165) is 17.7 Å². The van der Waals surface area contributed by atoms with Crippen LogP contribution in [0.15, 0.2) is 6.20 Å². The van der Waals surface area contributed by atoms with Crippen LogP contribution in [-0.2, 0) is 9.53 Å². The Labute approximate surface area is 110 Å². The standard InChI is InChI=1S/C12H15N3O2S/c1-12(5-3-7-17-12)10(16)15-11-14-8-9(18-11)4-2-6-13/h8H,3,5-7,13H2,1H3,(H,14,15,16). The molecular weight excluding hydrogens is 250 g/mol. The van der Waals surface area contributed by atoms with Gasteiger partial charge in [0.25, 0.3) is 5.91 Å². The number of nitrogens with zero attached hydrogens (tertiary/aromatic N) is 1. The number of hydrogen-bond acceptors (Lipinski definition) is 5. The summed E-state index contributed by atoms with van der Waals surface area (Å²) < 4.78 is 5.47. The summed E-state index contributed by atoms with van der Waals surface area (Å²) in [7, 11) is 0. The molecule has 0 radical (unpaired) electrons. The van der Waals surface area contributed by atoms with E-state index in [1.807, 2.05) is 0 Å². The Morgan fingerprint density at radius 3 is 3.28 bits per heavy atom. The number of amides is 1. The first-order valence-corrected chi connectivity index (χ1v) is 6.56. The van der Waals surface area contributed by atoms with Gasteiger partial charge in [-0.1, -0.05) is 23.2 Å². The second-order valence-corrected chi connectivity index (χ2v) is 5.20. The zero-order valence-corrected chi connectivity index (χ0v) is 11.0. The second kappa shape index (κ2) is 5.48. The van der Waals surface area contributed by atoms with Gasteiger partial charge in [0.05, 0.1) is 17.6 Å². The van der Waals surface area contributed by atoms with Crippen molar-refractivity contribution in [3.05, 3.63) is 11.1 Å². The molecule has 2 rings (SSSR count). The third-order valence-electron chi connectivity index (χ3n) is 2.74. The normalized spacial score (nSPS) is 22.3. The minimum atomic E-state index is -0.727. The van der Waals surface area contributed by atoms with Crippen LogP contribution in [-0.4, -0.2) is 29.6 Å². The first-order valence-electron chi connectivity index (χ1n) is 5.74. The van der Waals surface area contributed by atoms with E-state index in [9.17, 15) is 4.79 Å². The number of hydrogen-bond donors (Lipinski definition) is 2. The van der Waals surface area contributed by atoms with Crippen LogP contribution in [0.1, 0.15) is 24.6 Å². The zero-order chi connectivity index (χ0) is 13.0. The molecule has 96 valence electrons. The number of carbonyl (C=O) groups is 1. The molecule has 6 heteroatoms. The predicted octanol–water partition coefficient (Wildman–Crippen LogP) is 0.961. The molecule has 0 saturated carbocycles. The topological polar surface area (TPSA) is 77.2 Å². The summed E-state index contributed by atoms with van der Waals surface area (Å²) in [5, 5.41) is 3.31. The van der Waals surface area contributed by atoms with Crippen molar-refractivity contribution in [2.45, 2.75) is 25.4 Å². The number of nitrogens with one attached hydrogen (secondary N) is 1. The number of rotatable bonds is 2. The van der Waals surface area contributed by atoms with Crippen LogP contribution in [0.4, 0.5) is 5.13 Å². The lowest BCUT2D eigenvalue weighted by molar-refractivity contribution is -0.133. The van der Waals surface area contributed by atoms with Gasteiger partial charge in [-0.25, -0.2) is 4.98 Å². The van der Waals surface area contributed by atoms with E-state index < -0.39 is 5.60 Å². The summed E-state index contributed by atoms with van der Waals surface area (Å²) in [6.07, 6.45) is 3.28. The van der Waals surface area contributed by atoms with E-state index in [2.05, 4.69) is 22.1 Å². The van der Waals surface area contributed by atoms with E-state index in [-0.39, 0.29) is 5.91 Å². The van der Waals surface area contributed by atoms with Gasteiger partial charge in [0.2, 0.25) is 0 Å². The average Bonchev–Trinajstić information content (AvgIpc) is 2.97. The van der Waals surface area contributed by atoms with Crippen molar-refractivity contribution in [3.63, 3.8) is 0 Å². The highest BCUT2D eigenvalue weighted by Gasteiger charge is 2.38. The van der Waals surface area contributed by atoms with Gasteiger partial charge in [0.1, 0.15) is 5.60 Å². The molecule has 1 aliphatic rings. The summed E-state index contributed by atoms with van der Waals surface area (Å²) in [6.45, 7) is 2.75. The Balaban J connectivity index is 2.01. The third-order valence-corrected chi connectivity index (χ3v) is 3.57. The van der Waals surface area contributed by atoms with E-state index in [1.165, 1.54) is 11.3 Å². The van der Waals surface area contributed by atoms with Gasteiger partial charge in [0, 0.05) is 6.61 Å². The first-order chi connectivity index (χ1) is 8.64. The molecule has 3 N–H and O–H groups in total. The van der Waals surface area contributed by atoms with Crippen LogP contribution >= 0.6 is 11.3 Å². The highest BCUT2D eigenvalue weighted by molar-refractivity contribution is 7.16. The maximum absolute atomic E-state index is 12.0. The molecule has 0 aliphatic carbocycles. The van der Waals surface area contributed by atoms with E-state index >= 15 is 0 Å². The van der Waals surface area contributed by atoms with Gasteiger partial charge in [-0.3, -0.25) is 10.1 Å². The lowest BCUT2D eigenvalue weighted by Crippen LogP contribution is -2.39. The molecule has 1 amide bonds. The minimum Gasteiger partial charge on any atom is -0.365 e. The molecule has 1 aromatic rings. The molecule has 1 fully saturated rings. The average molecular weight is 265 g/mol. The van der Waals surface area contributed by atoms with Gasteiger partial charge in [-0.05, 0) is 19.8 Å². The van der Waals surface area contributed by atoms with Crippen molar-refractivity contribution in [2.75, 3.05) is 18.5 Å². The largest absolute Gasteiger partial charge is 0.365 e. The molecule has 1 aliphatic heterocycles. The number of anilines is 1. The van der Waals surface area contributed by atoms with Crippen molar-refractivity contribution in [1.29, 1.82) is 0 Å². The fourth-order valence-corrected chi connectivity index (χ4v) is 2.40. The molecule has 0 bridgehead atoms. The molecule has 2 heterocycles. The Morgan fingerprint density at radius 1 is 1.78 bits per heavy atom. The summed E-state index contributed by atoms with van der Waals surface area (Å²) in [5.74, 6) is 5.47. The highest BCUT2D eigenvalue weighted by atomic mass is 32.1. The summed E-state index contributed by atoms with van der Waals surface area (Å²) in [5.41, 5.74) is 4.56. The fourth-order valence-electron chi connectivity index (χ4n) is 1.72. The summed E-state index contributed by atoms with van der Waals surface area (Å²) in [6, 6.07) is 0. The molecule has 0 spiro atoms. The lowest BCUT2D eigenvalue weighted by Gasteiger charge is -2.20. The van der Waals surface area contributed by atoms with Crippen molar-refractivity contribution >= 4 is 22.4 Å². The molecule has 18 heavy (non-hydrogen) atoms. The van der Waals surface area contributed by atoms with Gasteiger partial charge >= 0.3 is 0 Å². The minimum absolute atomic E-state index is 0.146. The number of aromatic nitrogens is 1. The maximum atomic E-state index is 12.0. The number of carbonyl (C=O) groups excluding carboxylic acids is 1. The third kappa shape index (κ3) is 2.88. The fraction of sp³-hybridized carbons (Fsp3) is 0.500. The maximum Gasteiger partial charge on any atom is 0.258 e.